The van der Waals surface area contributed by atoms with Crippen LogP contribution in [0, 0.1) is 34.0 Å². The maximum atomic E-state index is 10.9. The molecule has 2 saturated carbocycles. The van der Waals surface area contributed by atoms with Gasteiger partial charge in [0.15, 0.2) is 0 Å². The van der Waals surface area contributed by atoms with E-state index >= 15 is 0 Å². The lowest BCUT2D eigenvalue weighted by atomic mass is 9.58. The highest BCUT2D eigenvalue weighted by Crippen LogP contribution is 2.53. The minimum atomic E-state index is -0.800. The zero-order valence-corrected chi connectivity index (χ0v) is 13.0. The average Bonchev–Trinajstić information content (AvgIpc) is 3.11. The molecule has 0 spiro atoms. The minimum Gasteiger partial charge on any atom is -0.389 e. The number of rotatable bonds is 3. The molecule has 0 aliphatic heterocycles. The molecule has 0 amide bonds. The third-order valence-electron chi connectivity index (χ3n) is 5.69. The molecule has 0 radical (unpaired) electrons. The van der Waals surface area contributed by atoms with Crippen LogP contribution < -0.4 is 0 Å². The van der Waals surface area contributed by atoms with E-state index in [1.807, 2.05) is 6.92 Å². The van der Waals surface area contributed by atoms with Gasteiger partial charge in [0.25, 0.3) is 0 Å². The van der Waals surface area contributed by atoms with Crippen molar-refractivity contribution in [1.29, 1.82) is 5.26 Å². The highest BCUT2D eigenvalue weighted by Gasteiger charge is 2.52. The number of nitrogens with zero attached hydrogens (tertiary/aromatic N) is 1. The number of nitriles is 1. The van der Waals surface area contributed by atoms with E-state index in [9.17, 15) is 10.4 Å². The van der Waals surface area contributed by atoms with Gasteiger partial charge < -0.3 is 5.11 Å². The van der Waals surface area contributed by atoms with Crippen molar-refractivity contribution in [2.24, 2.45) is 22.7 Å². The fourth-order valence-electron chi connectivity index (χ4n) is 3.83. The third kappa shape index (κ3) is 2.97. The fourth-order valence-corrected chi connectivity index (χ4v) is 3.83. The van der Waals surface area contributed by atoms with Gasteiger partial charge in [-0.05, 0) is 56.3 Å². The quantitative estimate of drug-likeness (QED) is 0.825. The van der Waals surface area contributed by atoms with Crippen molar-refractivity contribution in [3.63, 3.8) is 0 Å². The van der Waals surface area contributed by atoms with Crippen LogP contribution in [0.2, 0.25) is 0 Å². The van der Waals surface area contributed by atoms with Crippen molar-refractivity contribution in [2.75, 3.05) is 0 Å². The lowest BCUT2D eigenvalue weighted by molar-refractivity contribution is -0.0794. The van der Waals surface area contributed by atoms with Gasteiger partial charge in [0.05, 0.1) is 17.1 Å². The van der Waals surface area contributed by atoms with Crippen molar-refractivity contribution in [3.05, 3.63) is 0 Å². The lowest BCUT2D eigenvalue weighted by Gasteiger charge is -2.47. The summed E-state index contributed by atoms with van der Waals surface area (Å²) in [4.78, 5) is 0. The summed E-state index contributed by atoms with van der Waals surface area (Å²) < 4.78 is 0. The fraction of sp³-hybridized carbons (Fsp3) is 0.941. The van der Waals surface area contributed by atoms with E-state index in [1.54, 1.807) is 0 Å². The van der Waals surface area contributed by atoms with Crippen LogP contribution in [0.25, 0.3) is 0 Å². The first-order valence-electron chi connectivity index (χ1n) is 7.84. The Morgan fingerprint density at radius 3 is 2.00 bits per heavy atom. The van der Waals surface area contributed by atoms with Crippen LogP contribution in [-0.4, -0.2) is 10.7 Å². The number of hydrogen-bond acceptors (Lipinski definition) is 2. The van der Waals surface area contributed by atoms with Gasteiger partial charge in [0.2, 0.25) is 0 Å². The van der Waals surface area contributed by atoms with Crippen molar-refractivity contribution in [1.82, 2.24) is 0 Å². The first-order valence-corrected chi connectivity index (χ1v) is 7.84. The predicted molar refractivity (Wildman–Crippen MR) is 77.4 cm³/mol. The number of hydrogen-bond donors (Lipinski definition) is 1. The SMILES string of the molecule is CC(C)(C)C1CCC(C#N)(C(C)(O)CC2CC2)CC1. The molecule has 108 valence electrons. The monoisotopic (exact) mass is 263 g/mol. The van der Waals surface area contributed by atoms with Crippen molar-refractivity contribution < 1.29 is 5.11 Å². The van der Waals surface area contributed by atoms with Crippen LogP contribution >= 0.6 is 0 Å². The Balaban J connectivity index is 2.07. The van der Waals surface area contributed by atoms with Crippen molar-refractivity contribution in [3.8, 4) is 6.07 Å². The van der Waals surface area contributed by atoms with Crippen LogP contribution in [0.1, 0.15) is 72.6 Å². The van der Waals surface area contributed by atoms with Crippen LogP contribution in [0.3, 0.4) is 0 Å². The standard InChI is InChI=1S/C17H29NO/c1-15(2,3)14-7-9-17(12-18,10-8-14)16(4,19)11-13-5-6-13/h13-14,19H,5-11H2,1-4H3. The van der Waals surface area contributed by atoms with E-state index in [4.69, 9.17) is 0 Å². The Kier molecular flexibility index (Phi) is 3.73. The molecule has 0 heterocycles. The van der Waals surface area contributed by atoms with Gasteiger partial charge in [0.1, 0.15) is 0 Å². The topological polar surface area (TPSA) is 44.0 Å². The Morgan fingerprint density at radius 1 is 1.11 bits per heavy atom. The molecule has 1 unspecified atom stereocenters. The zero-order valence-electron chi connectivity index (χ0n) is 13.0. The Morgan fingerprint density at radius 2 is 1.63 bits per heavy atom. The Hall–Kier alpha value is -0.550. The molecule has 1 atom stereocenters. The summed E-state index contributed by atoms with van der Waals surface area (Å²) in [6, 6.07) is 2.51. The summed E-state index contributed by atoms with van der Waals surface area (Å²) >= 11 is 0. The van der Waals surface area contributed by atoms with Gasteiger partial charge in [-0.3, -0.25) is 0 Å². The maximum absolute atomic E-state index is 10.9. The number of aliphatic hydroxyl groups is 1. The average molecular weight is 263 g/mol. The summed E-state index contributed by atoms with van der Waals surface area (Å²) in [5, 5.41) is 20.6. The molecule has 0 aromatic heterocycles. The summed E-state index contributed by atoms with van der Waals surface area (Å²) in [7, 11) is 0. The molecule has 2 aliphatic rings. The van der Waals surface area contributed by atoms with Gasteiger partial charge in [-0.15, -0.1) is 0 Å². The maximum Gasteiger partial charge on any atom is 0.0857 e. The largest absolute Gasteiger partial charge is 0.389 e. The smallest absolute Gasteiger partial charge is 0.0857 e. The normalized spacial score (nSPS) is 35.5. The molecule has 0 bridgehead atoms. The van der Waals surface area contributed by atoms with Crippen LogP contribution in [-0.2, 0) is 0 Å². The second kappa shape index (κ2) is 4.77. The van der Waals surface area contributed by atoms with Gasteiger partial charge in [-0.2, -0.15) is 5.26 Å². The third-order valence-corrected chi connectivity index (χ3v) is 5.69. The van der Waals surface area contributed by atoms with Gasteiger partial charge >= 0.3 is 0 Å². The summed E-state index contributed by atoms with van der Waals surface area (Å²) in [5.74, 6) is 1.35. The minimum absolute atomic E-state index is 0.323. The summed E-state index contributed by atoms with van der Waals surface area (Å²) in [6.45, 7) is 8.78. The molecule has 0 aromatic carbocycles. The molecular formula is C17H29NO. The van der Waals surface area contributed by atoms with Crippen LogP contribution in [0.15, 0.2) is 0 Å². The highest BCUT2D eigenvalue weighted by atomic mass is 16.3. The van der Waals surface area contributed by atoms with E-state index in [1.165, 1.54) is 12.8 Å². The van der Waals surface area contributed by atoms with Gasteiger partial charge in [-0.25, -0.2) is 0 Å². The molecule has 0 saturated heterocycles. The Labute approximate surface area is 118 Å². The van der Waals surface area contributed by atoms with Gasteiger partial charge in [0, 0.05) is 0 Å². The molecule has 2 nitrogen and oxygen atoms in total. The molecule has 1 N–H and O–H groups in total. The first kappa shape index (κ1) is 14.9. The van der Waals surface area contributed by atoms with Crippen LogP contribution in [0.4, 0.5) is 0 Å². The van der Waals surface area contributed by atoms with E-state index < -0.39 is 11.0 Å². The zero-order chi connectivity index (χ0) is 14.3. The van der Waals surface area contributed by atoms with Crippen molar-refractivity contribution in [2.45, 2.75) is 78.2 Å². The molecule has 19 heavy (non-hydrogen) atoms. The summed E-state index contributed by atoms with van der Waals surface area (Å²) in [6.07, 6.45) is 7.19. The Bertz CT molecular complexity index is 360. The van der Waals surface area contributed by atoms with E-state index in [-0.39, 0.29) is 0 Å². The molecule has 2 fully saturated rings. The highest BCUT2D eigenvalue weighted by molar-refractivity contribution is 5.13. The predicted octanol–water partition coefficient (Wildman–Crippen LogP) is 4.28. The molecule has 0 aromatic rings. The molecule has 2 heteroatoms. The van der Waals surface area contributed by atoms with E-state index in [2.05, 4.69) is 26.8 Å². The summed E-state index contributed by atoms with van der Waals surface area (Å²) in [5.41, 5.74) is -0.979. The molecule has 2 rings (SSSR count). The van der Waals surface area contributed by atoms with E-state index in [0.717, 1.165) is 32.1 Å². The molecule has 2 aliphatic carbocycles. The van der Waals surface area contributed by atoms with Crippen LogP contribution in [0.5, 0.6) is 0 Å². The second-order valence-electron chi connectivity index (χ2n) is 8.26. The lowest BCUT2D eigenvalue weighted by Crippen LogP contribution is -2.48. The van der Waals surface area contributed by atoms with Gasteiger partial charge in [-0.1, -0.05) is 33.6 Å². The van der Waals surface area contributed by atoms with E-state index in [0.29, 0.717) is 17.3 Å². The second-order valence-corrected chi connectivity index (χ2v) is 8.26. The molecular weight excluding hydrogens is 234 g/mol. The first-order chi connectivity index (χ1) is 8.70. The van der Waals surface area contributed by atoms with Crippen molar-refractivity contribution >= 4 is 0 Å².